The summed E-state index contributed by atoms with van der Waals surface area (Å²) in [6, 6.07) is 6.03. The van der Waals surface area contributed by atoms with Crippen molar-refractivity contribution < 1.29 is 4.21 Å². The first-order chi connectivity index (χ1) is 12.9. The highest BCUT2D eigenvalue weighted by Gasteiger charge is 2.25. The summed E-state index contributed by atoms with van der Waals surface area (Å²) >= 11 is 0. The predicted molar refractivity (Wildman–Crippen MR) is 110 cm³/mol. The van der Waals surface area contributed by atoms with Crippen molar-refractivity contribution in [3.8, 4) is 11.1 Å². The summed E-state index contributed by atoms with van der Waals surface area (Å²) in [5.74, 6) is 2.25. The Balaban J connectivity index is 1.98. The number of pyridine rings is 1. The Labute approximate surface area is 161 Å². The van der Waals surface area contributed by atoms with E-state index in [1.54, 1.807) is 11.6 Å². The van der Waals surface area contributed by atoms with Gasteiger partial charge in [-0.3, -0.25) is 9.00 Å². The van der Waals surface area contributed by atoms with Crippen LogP contribution in [0, 0.1) is 19.8 Å². The summed E-state index contributed by atoms with van der Waals surface area (Å²) in [5, 5.41) is 0. The minimum absolute atomic E-state index is 0.00630. The fourth-order valence-corrected chi connectivity index (χ4v) is 4.56. The number of imidazole rings is 1. The summed E-state index contributed by atoms with van der Waals surface area (Å²) in [5.41, 5.74) is 4.54. The first-order valence-electron chi connectivity index (χ1n) is 9.46. The molecule has 0 saturated heterocycles. The molecule has 0 amide bonds. The van der Waals surface area contributed by atoms with Crippen LogP contribution in [0.25, 0.3) is 22.2 Å². The van der Waals surface area contributed by atoms with Crippen molar-refractivity contribution in [3.05, 3.63) is 46.1 Å². The molecule has 0 N–H and O–H groups in total. The van der Waals surface area contributed by atoms with Gasteiger partial charge in [0.1, 0.15) is 11.3 Å². The Morgan fingerprint density at radius 2 is 1.93 bits per heavy atom. The number of hydrogen-bond donors (Lipinski definition) is 0. The second-order valence-corrected chi connectivity index (χ2v) is 9.23. The molecule has 142 valence electrons. The van der Waals surface area contributed by atoms with E-state index in [4.69, 9.17) is 4.98 Å². The van der Waals surface area contributed by atoms with Crippen LogP contribution >= 0.6 is 0 Å². The molecule has 0 radical (unpaired) electrons. The van der Waals surface area contributed by atoms with E-state index in [9.17, 15) is 9.00 Å². The third-order valence-corrected chi connectivity index (χ3v) is 6.68. The van der Waals surface area contributed by atoms with Crippen LogP contribution < -0.4 is 5.56 Å². The SMILES string of the molecule is CCS(=O)c1cc(-c2cc(C)c(=O)n(C)c2)cc2c1nc(C)n2CC1CC1. The van der Waals surface area contributed by atoms with Gasteiger partial charge < -0.3 is 9.13 Å². The van der Waals surface area contributed by atoms with Gasteiger partial charge in [0.15, 0.2) is 0 Å². The average molecular weight is 384 g/mol. The zero-order valence-corrected chi connectivity index (χ0v) is 17.1. The van der Waals surface area contributed by atoms with Crippen molar-refractivity contribution in [2.45, 2.75) is 45.1 Å². The zero-order chi connectivity index (χ0) is 19.3. The highest BCUT2D eigenvalue weighted by atomic mass is 32.2. The van der Waals surface area contributed by atoms with Gasteiger partial charge in [0.2, 0.25) is 0 Å². The van der Waals surface area contributed by atoms with Crippen LogP contribution in [0.3, 0.4) is 0 Å². The lowest BCUT2D eigenvalue weighted by Gasteiger charge is -2.11. The van der Waals surface area contributed by atoms with Gasteiger partial charge in [0.05, 0.1) is 21.2 Å². The normalized spacial score (nSPS) is 15.4. The number of hydrogen-bond acceptors (Lipinski definition) is 3. The molecule has 2 heterocycles. The first-order valence-corrected chi connectivity index (χ1v) is 10.8. The predicted octanol–water partition coefficient (Wildman–Crippen LogP) is 3.56. The van der Waals surface area contributed by atoms with Crippen LogP contribution in [0.1, 0.15) is 31.2 Å². The first kappa shape index (κ1) is 18.2. The van der Waals surface area contributed by atoms with Crippen LogP contribution in [0.2, 0.25) is 0 Å². The topological polar surface area (TPSA) is 56.9 Å². The molecule has 1 aliphatic carbocycles. The average Bonchev–Trinajstić information content (AvgIpc) is 3.41. The van der Waals surface area contributed by atoms with E-state index in [0.29, 0.717) is 11.3 Å². The molecule has 1 aromatic carbocycles. The molecule has 2 aromatic heterocycles. The van der Waals surface area contributed by atoms with Crippen molar-refractivity contribution in [3.63, 3.8) is 0 Å². The van der Waals surface area contributed by atoms with Crippen LogP contribution in [0.5, 0.6) is 0 Å². The Bertz CT molecular complexity index is 1100. The van der Waals surface area contributed by atoms with Gasteiger partial charge in [0.25, 0.3) is 5.56 Å². The van der Waals surface area contributed by atoms with Crippen LogP contribution in [-0.2, 0) is 24.4 Å². The summed E-state index contributed by atoms with van der Waals surface area (Å²) in [7, 11) is 0.667. The van der Waals surface area contributed by atoms with Crippen LogP contribution in [0.15, 0.2) is 34.1 Å². The molecule has 27 heavy (non-hydrogen) atoms. The van der Waals surface area contributed by atoms with E-state index in [-0.39, 0.29) is 5.56 Å². The zero-order valence-electron chi connectivity index (χ0n) is 16.3. The minimum Gasteiger partial charge on any atom is -0.328 e. The van der Waals surface area contributed by atoms with Crippen LogP contribution in [0.4, 0.5) is 0 Å². The number of aryl methyl sites for hydroxylation is 3. The van der Waals surface area contributed by atoms with Gasteiger partial charge in [-0.15, -0.1) is 0 Å². The molecule has 0 spiro atoms. The molecule has 1 unspecified atom stereocenters. The molecular formula is C21H25N3O2S. The molecule has 1 aliphatic rings. The monoisotopic (exact) mass is 383 g/mol. The van der Waals surface area contributed by atoms with Gasteiger partial charge in [-0.25, -0.2) is 4.98 Å². The molecule has 4 rings (SSSR count). The lowest BCUT2D eigenvalue weighted by Crippen LogP contribution is -2.18. The van der Waals surface area contributed by atoms with Gasteiger partial charge in [-0.1, -0.05) is 6.92 Å². The highest BCUT2D eigenvalue weighted by molar-refractivity contribution is 7.85. The summed E-state index contributed by atoms with van der Waals surface area (Å²) in [6.45, 7) is 6.75. The lowest BCUT2D eigenvalue weighted by molar-refractivity contribution is 0.626. The quantitative estimate of drug-likeness (QED) is 0.677. The molecular weight excluding hydrogens is 358 g/mol. The van der Waals surface area contributed by atoms with Crippen molar-refractivity contribution >= 4 is 21.8 Å². The smallest absolute Gasteiger partial charge is 0.253 e. The maximum absolute atomic E-state index is 12.8. The number of aromatic nitrogens is 3. The van der Waals surface area contributed by atoms with E-state index in [2.05, 4.69) is 10.6 Å². The molecule has 0 aliphatic heterocycles. The van der Waals surface area contributed by atoms with Crippen molar-refractivity contribution in [1.29, 1.82) is 0 Å². The van der Waals surface area contributed by atoms with Crippen LogP contribution in [-0.4, -0.2) is 24.1 Å². The molecule has 1 fully saturated rings. The van der Waals surface area contributed by atoms with Gasteiger partial charge in [-0.05, 0) is 61.9 Å². The molecule has 5 nitrogen and oxygen atoms in total. The third kappa shape index (κ3) is 3.27. The summed E-state index contributed by atoms with van der Waals surface area (Å²) in [6.07, 6.45) is 4.39. The maximum Gasteiger partial charge on any atom is 0.253 e. The van der Waals surface area contributed by atoms with Gasteiger partial charge in [0, 0.05) is 31.1 Å². The lowest BCUT2D eigenvalue weighted by atomic mass is 10.1. The van der Waals surface area contributed by atoms with E-state index in [1.165, 1.54) is 12.8 Å². The van der Waals surface area contributed by atoms with Gasteiger partial charge >= 0.3 is 0 Å². The van der Waals surface area contributed by atoms with E-state index < -0.39 is 10.8 Å². The fraction of sp³-hybridized carbons (Fsp3) is 0.429. The number of benzene rings is 1. The minimum atomic E-state index is -1.10. The molecule has 0 bridgehead atoms. The summed E-state index contributed by atoms with van der Waals surface area (Å²) in [4.78, 5) is 17.6. The van der Waals surface area contributed by atoms with Crippen molar-refractivity contribution in [2.24, 2.45) is 13.0 Å². The Morgan fingerprint density at radius 3 is 2.56 bits per heavy atom. The van der Waals surface area contributed by atoms with E-state index in [0.717, 1.165) is 45.3 Å². The fourth-order valence-electron chi connectivity index (χ4n) is 3.63. The molecule has 3 aromatic rings. The Kier molecular flexibility index (Phi) is 4.54. The standard InChI is InChI=1S/C21H25N3O2S/c1-5-27(26)19-10-16(17-8-13(2)21(25)23(4)12-17)9-18-20(19)22-14(3)24(18)11-15-6-7-15/h8-10,12,15H,5-7,11H2,1-4H3. The van der Waals surface area contributed by atoms with Crippen molar-refractivity contribution in [1.82, 2.24) is 14.1 Å². The van der Waals surface area contributed by atoms with Gasteiger partial charge in [-0.2, -0.15) is 0 Å². The van der Waals surface area contributed by atoms with E-state index in [1.807, 2.05) is 39.1 Å². The van der Waals surface area contributed by atoms with Crippen molar-refractivity contribution in [2.75, 3.05) is 5.75 Å². The Morgan fingerprint density at radius 1 is 1.19 bits per heavy atom. The number of nitrogens with zero attached hydrogens (tertiary/aromatic N) is 3. The molecule has 6 heteroatoms. The number of rotatable bonds is 5. The molecule has 1 saturated carbocycles. The summed E-state index contributed by atoms with van der Waals surface area (Å²) < 4.78 is 16.6. The van der Waals surface area contributed by atoms with E-state index >= 15 is 0 Å². The largest absolute Gasteiger partial charge is 0.328 e. The maximum atomic E-state index is 12.8. The third-order valence-electron chi connectivity index (χ3n) is 5.35. The highest BCUT2D eigenvalue weighted by Crippen LogP contribution is 2.35. The number of fused-ring (bicyclic) bond motifs is 1. The molecule has 1 atom stereocenters. The second-order valence-electron chi connectivity index (χ2n) is 7.52. The second kappa shape index (κ2) is 6.75. The Hall–Kier alpha value is -2.21.